The molecule has 0 atom stereocenters. The van der Waals surface area contributed by atoms with Crippen LogP contribution in [0.3, 0.4) is 0 Å². The maximum atomic E-state index is 12.8. The third-order valence-electron chi connectivity index (χ3n) is 5.93. The molecule has 7 heteroatoms. The number of fused-ring (bicyclic) bond motifs is 1. The highest BCUT2D eigenvalue weighted by molar-refractivity contribution is 7.91. The summed E-state index contributed by atoms with van der Waals surface area (Å²) in [6.45, 7) is 1.33. The summed E-state index contributed by atoms with van der Waals surface area (Å²) in [6, 6.07) is 22.8. The van der Waals surface area contributed by atoms with E-state index in [1.165, 1.54) is 0 Å². The van der Waals surface area contributed by atoms with Crippen molar-refractivity contribution in [3.8, 4) is 17.9 Å². The Bertz CT molecular complexity index is 1410. The number of carbonyl (C=O) groups is 1. The standard InChI is InChI=1S/C28H22N4O2S/c29-19-21-7-4-8-22(15-21)24-18-28(33)31-25-16-23(10-9-20-5-2-1-3-6-20)27(17-26(25)30-24)32-11-13-35(34)14-12-32/h1-8,15-17H,11-14,18H2,(H,31,33). The average molecular weight is 479 g/mol. The van der Waals surface area contributed by atoms with Crippen LogP contribution < -0.4 is 10.2 Å². The fourth-order valence-corrected chi connectivity index (χ4v) is 5.19. The number of aliphatic imine (C=N–C) groups is 1. The lowest BCUT2D eigenvalue weighted by atomic mass is 10.0. The van der Waals surface area contributed by atoms with Gasteiger partial charge in [-0.25, -0.2) is 0 Å². The summed E-state index contributed by atoms with van der Waals surface area (Å²) in [5, 5.41) is 12.3. The van der Waals surface area contributed by atoms with Crippen molar-refractivity contribution in [2.24, 2.45) is 4.99 Å². The Hall–Kier alpha value is -4.04. The lowest BCUT2D eigenvalue weighted by Gasteiger charge is -2.31. The normalized spacial score (nSPS) is 15.6. The molecule has 0 aromatic heterocycles. The average Bonchev–Trinajstić information content (AvgIpc) is 3.05. The van der Waals surface area contributed by atoms with Gasteiger partial charge in [-0.05, 0) is 42.0 Å². The molecular formula is C28H22N4O2S. The van der Waals surface area contributed by atoms with Gasteiger partial charge in [0.15, 0.2) is 0 Å². The maximum Gasteiger partial charge on any atom is 0.230 e. The van der Waals surface area contributed by atoms with E-state index in [0.717, 1.165) is 22.4 Å². The maximum absolute atomic E-state index is 12.8. The summed E-state index contributed by atoms with van der Waals surface area (Å²) in [7, 11) is 0. The predicted octanol–water partition coefficient (Wildman–Crippen LogP) is 3.99. The molecule has 0 spiro atoms. The van der Waals surface area contributed by atoms with Gasteiger partial charge in [0.05, 0.1) is 59.5 Å². The lowest BCUT2D eigenvalue weighted by molar-refractivity contribution is -0.115. The highest BCUT2D eigenvalue weighted by atomic mass is 32.2. The molecular weight excluding hydrogens is 456 g/mol. The molecule has 0 bridgehead atoms. The molecule has 2 aliphatic heterocycles. The van der Waals surface area contributed by atoms with Crippen molar-refractivity contribution in [1.29, 1.82) is 5.26 Å². The molecule has 1 saturated heterocycles. The number of rotatable bonds is 2. The fourth-order valence-electron chi connectivity index (χ4n) is 4.14. The van der Waals surface area contributed by atoms with E-state index in [1.807, 2.05) is 48.5 Å². The third kappa shape index (κ3) is 5.22. The van der Waals surface area contributed by atoms with Crippen LogP contribution in [-0.4, -0.2) is 40.8 Å². The number of hydrogen-bond donors (Lipinski definition) is 1. The molecule has 0 radical (unpaired) electrons. The van der Waals surface area contributed by atoms with Crippen molar-refractivity contribution < 1.29 is 9.35 Å². The first kappa shape index (κ1) is 22.7. The number of nitrogens with zero attached hydrogens (tertiary/aromatic N) is 3. The zero-order valence-electron chi connectivity index (χ0n) is 19.0. The van der Waals surface area contributed by atoms with Gasteiger partial charge >= 0.3 is 0 Å². The number of nitrogens with one attached hydrogen (secondary N) is 1. The largest absolute Gasteiger partial charge is 0.616 e. The molecule has 5 rings (SSSR count). The first-order valence-electron chi connectivity index (χ1n) is 11.3. The van der Waals surface area contributed by atoms with Crippen molar-refractivity contribution >= 4 is 39.9 Å². The van der Waals surface area contributed by atoms with Crippen LogP contribution in [0.15, 0.2) is 71.7 Å². The van der Waals surface area contributed by atoms with Crippen molar-refractivity contribution in [2.75, 3.05) is 34.8 Å². The summed E-state index contributed by atoms with van der Waals surface area (Å²) in [6.07, 6.45) is 0.104. The van der Waals surface area contributed by atoms with Gasteiger partial charge in [-0.1, -0.05) is 53.3 Å². The van der Waals surface area contributed by atoms with Crippen molar-refractivity contribution in [3.63, 3.8) is 0 Å². The Balaban J connectivity index is 1.61. The summed E-state index contributed by atoms with van der Waals surface area (Å²) < 4.78 is 12.0. The van der Waals surface area contributed by atoms with E-state index in [4.69, 9.17) is 4.99 Å². The summed E-state index contributed by atoms with van der Waals surface area (Å²) >= 11 is -0.807. The van der Waals surface area contributed by atoms with E-state index in [2.05, 4.69) is 28.1 Å². The van der Waals surface area contributed by atoms with Gasteiger partial charge in [-0.15, -0.1) is 0 Å². The molecule has 172 valence electrons. The zero-order chi connectivity index (χ0) is 24.2. The number of nitriles is 1. The molecule has 2 aliphatic rings. The van der Waals surface area contributed by atoms with E-state index in [1.54, 1.807) is 18.2 Å². The molecule has 0 aliphatic carbocycles. The van der Waals surface area contributed by atoms with Crippen LogP contribution in [0.5, 0.6) is 0 Å². The molecule has 1 fully saturated rings. The topological polar surface area (TPSA) is 91.6 Å². The first-order chi connectivity index (χ1) is 17.1. The quantitative estimate of drug-likeness (QED) is 0.445. The molecule has 6 nitrogen and oxygen atoms in total. The van der Waals surface area contributed by atoms with Crippen LogP contribution in [0.2, 0.25) is 0 Å². The molecule has 0 saturated carbocycles. The van der Waals surface area contributed by atoms with E-state index in [0.29, 0.717) is 47.2 Å². The molecule has 2 heterocycles. The Kier molecular flexibility index (Phi) is 6.54. The number of anilines is 2. The zero-order valence-corrected chi connectivity index (χ0v) is 19.8. The van der Waals surface area contributed by atoms with Crippen molar-refractivity contribution in [3.05, 3.63) is 89.0 Å². The Labute approximate surface area is 207 Å². The van der Waals surface area contributed by atoms with Crippen LogP contribution in [0.25, 0.3) is 0 Å². The highest BCUT2D eigenvalue weighted by Crippen LogP contribution is 2.36. The third-order valence-corrected chi connectivity index (χ3v) is 7.21. The molecule has 1 amide bonds. The van der Waals surface area contributed by atoms with Crippen LogP contribution in [0.1, 0.15) is 28.7 Å². The second-order valence-corrected chi connectivity index (χ2v) is 10.0. The second-order valence-electron chi connectivity index (χ2n) is 8.31. The van der Waals surface area contributed by atoms with E-state index >= 15 is 0 Å². The summed E-state index contributed by atoms with van der Waals surface area (Å²) in [5.41, 5.74) is 5.70. The number of hydrogen-bond acceptors (Lipinski definition) is 5. The van der Waals surface area contributed by atoms with E-state index in [-0.39, 0.29) is 12.3 Å². The van der Waals surface area contributed by atoms with Gasteiger partial charge < -0.3 is 14.8 Å². The Morgan fingerprint density at radius 3 is 2.51 bits per heavy atom. The van der Waals surface area contributed by atoms with Gasteiger partial charge in [0.1, 0.15) is 11.5 Å². The lowest BCUT2D eigenvalue weighted by Crippen LogP contribution is -2.40. The molecule has 35 heavy (non-hydrogen) atoms. The molecule has 0 unspecified atom stereocenters. The molecule has 1 N–H and O–H groups in total. The highest BCUT2D eigenvalue weighted by Gasteiger charge is 2.24. The van der Waals surface area contributed by atoms with Crippen LogP contribution in [0, 0.1) is 23.2 Å². The monoisotopic (exact) mass is 478 g/mol. The van der Waals surface area contributed by atoms with Gasteiger partial charge in [-0.3, -0.25) is 9.79 Å². The minimum absolute atomic E-state index is 0.104. The Morgan fingerprint density at radius 2 is 1.74 bits per heavy atom. The van der Waals surface area contributed by atoms with Crippen LogP contribution in [0.4, 0.5) is 17.1 Å². The molecule has 3 aromatic carbocycles. The van der Waals surface area contributed by atoms with Gasteiger partial charge in [0, 0.05) is 5.56 Å². The Morgan fingerprint density at radius 1 is 0.971 bits per heavy atom. The number of carbonyl (C=O) groups excluding carboxylic acids is 1. The minimum Gasteiger partial charge on any atom is -0.616 e. The summed E-state index contributed by atoms with van der Waals surface area (Å²) in [4.78, 5) is 19.8. The van der Waals surface area contributed by atoms with Crippen LogP contribution in [-0.2, 0) is 16.0 Å². The van der Waals surface area contributed by atoms with Crippen LogP contribution >= 0.6 is 0 Å². The van der Waals surface area contributed by atoms with Gasteiger partial charge in [0.2, 0.25) is 5.91 Å². The fraction of sp³-hybridized carbons (Fsp3) is 0.179. The SMILES string of the molecule is N#Cc1cccc(C2=Nc3cc(N4CC[S+]([O-])CC4)c(C#Cc4ccccc4)cc3NC(=O)C2)c1. The number of benzene rings is 3. The van der Waals surface area contributed by atoms with E-state index < -0.39 is 11.2 Å². The smallest absolute Gasteiger partial charge is 0.230 e. The molecule has 3 aromatic rings. The minimum atomic E-state index is -0.807. The van der Waals surface area contributed by atoms with Crippen molar-refractivity contribution in [1.82, 2.24) is 0 Å². The summed E-state index contributed by atoms with van der Waals surface area (Å²) in [5.74, 6) is 7.53. The predicted molar refractivity (Wildman–Crippen MR) is 140 cm³/mol. The number of amides is 1. The van der Waals surface area contributed by atoms with Gasteiger partial charge in [-0.2, -0.15) is 5.26 Å². The first-order valence-corrected chi connectivity index (χ1v) is 12.8. The second kappa shape index (κ2) is 10.1. The van der Waals surface area contributed by atoms with E-state index in [9.17, 15) is 14.6 Å². The van der Waals surface area contributed by atoms with Crippen molar-refractivity contribution in [2.45, 2.75) is 6.42 Å². The van der Waals surface area contributed by atoms with Gasteiger partial charge in [0.25, 0.3) is 0 Å².